The number of nitrogens with one attached hydrogen (secondary N) is 1. The predicted octanol–water partition coefficient (Wildman–Crippen LogP) is 1.83. The maximum Gasteiger partial charge on any atom is 0.209 e. The summed E-state index contributed by atoms with van der Waals surface area (Å²) in [4.78, 5) is 3.14. The molecule has 2 aromatic rings. The summed E-state index contributed by atoms with van der Waals surface area (Å²) in [6.45, 7) is 0. The highest BCUT2D eigenvalue weighted by atomic mass is 32.2. The van der Waals surface area contributed by atoms with Crippen LogP contribution < -0.4 is 5.14 Å². The van der Waals surface area contributed by atoms with Crippen molar-refractivity contribution in [3.8, 4) is 0 Å². The van der Waals surface area contributed by atoms with Crippen LogP contribution in [0.2, 0.25) is 0 Å². The van der Waals surface area contributed by atoms with E-state index in [-0.39, 0.29) is 11.7 Å². The zero-order valence-corrected chi connectivity index (χ0v) is 10.7. The van der Waals surface area contributed by atoms with Gasteiger partial charge < -0.3 is 4.98 Å². The Morgan fingerprint density at radius 2 is 1.83 bits per heavy atom. The number of hydrogen-bond acceptors (Lipinski definition) is 2. The summed E-state index contributed by atoms with van der Waals surface area (Å²) in [5.74, 6) is 0.00510. The van der Waals surface area contributed by atoms with Crippen molar-refractivity contribution >= 4 is 10.0 Å². The molecule has 1 aromatic carbocycles. The molecule has 18 heavy (non-hydrogen) atoms. The highest BCUT2D eigenvalue weighted by Crippen LogP contribution is 2.26. The number of aromatic nitrogens is 1. The summed E-state index contributed by atoms with van der Waals surface area (Å²) in [5.41, 5.74) is 2.09. The minimum absolute atomic E-state index is 0.0222. The van der Waals surface area contributed by atoms with Crippen LogP contribution in [0.1, 0.15) is 23.6 Å². The molecule has 0 aliphatic rings. The number of rotatable bonds is 5. The van der Waals surface area contributed by atoms with Gasteiger partial charge in [0, 0.05) is 17.8 Å². The van der Waals surface area contributed by atoms with Gasteiger partial charge >= 0.3 is 0 Å². The van der Waals surface area contributed by atoms with Gasteiger partial charge in [-0.25, -0.2) is 13.6 Å². The van der Waals surface area contributed by atoms with E-state index in [1.807, 2.05) is 48.7 Å². The number of primary sulfonamides is 1. The average molecular weight is 264 g/mol. The Hall–Kier alpha value is -1.59. The molecule has 3 N–H and O–H groups in total. The first-order valence-corrected chi connectivity index (χ1v) is 7.46. The fourth-order valence-electron chi connectivity index (χ4n) is 2.03. The maximum absolute atomic E-state index is 11.1. The maximum atomic E-state index is 11.1. The second-order valence-corrected chi connectivity index (χ2v) is 5.98. The van der Waals surface area contributed by atoms with E-state index in [4.69, 9.17) is 5.14 Å². The van der Waals surface area contributed by atoms with Crippen LogP contribution in [0.5, 0.6) is 0 Å². The van der Waals surface area contributed by atoms with Gasteiger partial charge in [-0.15, -0.1) is 0 Å². The molecule has 0 aliphatic carbocycles. The summed E-state index contributed by atoms with van der Waals surface area (Å²) in [5, 5.41) is 5.08. The third-order valence-electron chi connectivity index (χ3n) is 2.89. The van der Waals surface area contributed by atoms with E-state index in [1.165, 1.54) is 0 Å². The van der Waals surface area contributed by atoms with Gasteiger partial charge in [-0.2, -0.15) is 0 Å². The van der Waals surface area contributed by atoms with Crippen LogP contribution in [0.15, 0.2) is 48.7 Å². The second kappa shape index (κ2) is 5.37. The smallest absolute Gasteiger partial charge is 0.209 e. The highest BCUT2D eigenvalue weighted by molar-refractivity contribution is 7.89. The first-order valence-electron chi connectivity index (χ1n) is 5.75. The third-order valence-corrected chi connectivity index (χ3v) is 3.70. The van der Waals surface area contributed by atoms with Gasteiger partial charge in [0.05, 0.1) is 5.75 Å². The van der Waals surface area contributed by atoms with Crippen LogP contribution in [0, 0.1) is 0 Å². The van der Waals surface area contributed by atoms with Crippen LogP contribution in [-0.2, 0) is 10.0 Å². The van der Waals surface area contributed by atoms with Gasteiger partial charge in [-0.3, -0.25) is 0 Å². The van der Waals surface area contributed by atoms with Gasteiger partial charge in [0.2, 0.25) is 10.0 Å². The van der Waals surface area contributed by atoms with Crippen molar-refractivity contribution in [2.75, 3.05) is 5.75 Å². The summed E-state index contributed by atoms with van der Waals surface area (Å²) in [6.07, 6.45) is 2.31. The number of aromatic amines is 1. The van der Waals surface area contributed by atoms with Crippen LogP contribution in [0.4, 0.5) is 0 Å². The summed E-state index contributed by atoms with van der Waals surface area (Å²) >= 11 is 0. The fraction of sp³-hybridized carbons (Fsp3) is 0.231. The Labute approximate surface area is 107 Å². The Kier molecular flexibility index (Phi) is 3.84. The molecule has 1 unspecified atom stereocenters. The van der Waals surface area contributed by atoms with Crippen molar-refractivity contribution in [3.63, 3.8) is 0 Å². The van der Waals surface area contributed by atoms with E-state index in [0.29, 0.717) is 6.42 Å². The average Bonchev–Trinajstić information content (AvgIpc) is 2.83. The van der Waals surface area contributed by atoms with E-state index in [9.17, 15) is 8.42 Å². The largest absolute Gasteiger partial charge is 0.364 e. The van der Waals surface area contributed by atoms with E-state index in [0.717, 1.165) is 11.3 Å². The van der Waals surface area contributed by atoms with Crippen molar-refractivity contribution in [1.29, 1.82) is 0 Å². The second-order valence-electron chi connectivity index (χ2n) is 4.24. The Morgan fingerprint density at radius 1 is 1.11 bits per heavy atom. The molecule has 2 rings (SSSR count). The van der Waals surface area contributed by atoms with Crippen molar-refractivity contribution in [2.45, 2.75) is 12.3 Å². The van der Waals surface area contributed by atoms with E-state index >= 15 is 0 Å². The lowest BCUT2D eigenvalue weighted by atomic mass is 9.93. The normalized spacial score (nSPS) is 13.4. The van der Waals surface area contributed by atoms with Crippen molar-refractivity contribution < 1.29 is 8.42 Å². The minimum Gasteiger partial charge on any atom is -0.364 e. The molecule has 0 bridgehead atoms. The molecule has 0 radical (unpaired) electrons. The summed E-state index contributed by atoms with van der Waals surface area (Å²) in [7, 11) is -3.43. The van der Waals surface area contributed by atoms with Gasteiger partial charge in [0.15, 0.2) is 0 Å². The number of sulfonamides is 1. The molecule has 0 amide bonds. The SMILES string of the molecule is NS(=O)(=O)CCC(c1ccccc1)c1ccc[nH]1. The Balaban J connectivity index is 2.25. The van der Waals surface area contributed by atoms with Gasteiger partial charge in [0.1, 0.15) is 0 Å². The van der Waals surface area contributed by atoms with Crippen molar-refractivity contribution in [2.24, 2.45) is 5.14 Å². The molecule has 96 valence electrons. The lowest BCUT2D eigenvalue weighted by Crippen LogP contribution is -2.19. The molecule has 0 saturated carbocycles. The monoisotopic (exact) mass is 264 g/mol. The topological polar surface area (TPSA) is 76.0 Å². The fourth-order valence-corrected chi connectivity index (χ4v) is 2.59. The molecule has 0 saturated heterocycles. The molecular formula is C13H16N2O2S. The number of H-pyrrole nitrogens is 1. The lowest BCUT2D eigenvalue weighted by Gasteiger charge is -2.15. The molecule has 4 nitrogen and oxygen atoms in total. The molecular weight excluding hydrogens is 248 g/mol. The van der Waals surface area contributed by atoms with Crippen LogP contribution in [-0.4, -0.2) is 19.2 Å². The number of benzene rings is 1. The predicted molar refractivity (Wildman–Crippen MR) is 71.7 cm³/mol. The van der Waals surface area contributed by atoms with Gasteiger partial charge in [-0.1, -0.05) is 30.3 Å². The standard InChI is InChI=1S/C13H16N2O2S/c14-18(16,17)10-8-12(13-7-4-9-15-13)11-5-2-1-3-6-11/h1-7,9,12,15H,8,10H2,(H2,14,16,17). The Bertz CT molecular complexity index is 577. The van der Waals surface area contributed by atoms with E-state index in [2.05, 4.69) is 4.98 Å². The number of nitrogens with two attached hydrogens (primary N) is 1. The zero-order valence-electron chi connectivity index (χ0n) is 9.91. The van der Waals surface area contributed by atoms with Crippen LogP contribution in [0.3, 0.4) is 0 Å². The van der Waals surface area contributed by atoms with E-state index < -0.39 is 10.0 Å². The minimum atomic E-state index is -3.43. The number of hydrogen-bond donors (Lipinski definition) is 2. The molecule has 0 spiro atoms. The molecule has 1 aromatic heterocycles. The quantitative estimate of drug-likeness (QED) is 0.864. The molecule has 1 heterocycles. The molecule has 5 heteroatoms. The lowest BCUT2D eigenvalue weighted by molar-refractivity contribution is 0.591. The van der Waals surface area contributed by atoms with E-state index in [1.54, 1.807) is 0 Å². The summed E-state index contributed by atoms with van der Waals surface area (Å²) in [6, 6.07) is 13.7. The van der Waals surface area contributed by atoms with Crippen LogP contribution in [0.25, 0.3) is 0 Å². The molecule has 1 atom stereocenters. The first kappa shape index (κ1) is 12.9. The van der Waals surface area contributed by atoms with Crippen molar-refractivity contribution in [3.05, 3.63) is 59.9 Å². The van der Waals surface area contributed by atoms with Crippen molar-refractivity contribution in [1.82, 2.24) is 4.98 Å². The van der Waals surface area contributed by atoms with Gasteiger partial charge in [-0.05, 0) is 24.1 Å². The zero-order chi connectivity index (χ0) is 13.0. The molecule has 0 fully saturated rings. The third kappa shape index (κ3) is 3.45. The Morgan fingerprint density at radius 3 is 2.39 bits per heavy atom. The highest BCUT2D eigenvalue weighted by Gasteiger charge is 2.17. The van der Waals surface area contributed by atoms with Gasteiger partial charge in [0.25, 0.3) is 0 Å². The molecule has 0 aliphatic heterocycles. The van der Waals surface area contributed by atoms with Crippen LogP contribution >= 0.6 is 0 Å². The summed E-state index contributed by atoms with van der Waals surface area (Å²) < 4.78 is 22.2. The first-order chi connectivity index (χ1) is 8.56.